The van der Waals surface area contributed by atoms with Crippen LogP contribution in [0.2, 0.25) is 0 Å². The molecule has 168 valence electrons. The second kappa shape index (κ2) is 7.69. The van der Waals surface area contributed by atoms with Crippen LogP contribution in [0, 0.1) is 5.92 Å². The lowest BCUT2D eigenvalue weighted by atomic mass is 10.0. The van der Waals surface area contributed by atoms with E-state index in [9.17, 15) is 13.6 Å². The zero-order valence-corrected chi connectivity index (χ0v) is 18.2. The van der Waals surface area contributed by atoms with Crippen molar-refractivity contribution in [2.24, 2.45) is 13.0 Å². The number of nitrogens with zero attached hydrogens (tertiary/aromatic N) is 7. The first-order valence-corrected chi connectivity index (χ1v) is 10.3. The van der Waals surface area contributed by atoms with Crippen molar-refractivity contribution in [3.05, 3.63) is 23.7 Å². The molecule has 1 aliphatic carbocycles. The number of amides is 1. The number of alkyl halides is 2. The van der Waals surface area contributed by atoms with Crippen molar-refractivity contribution in [1.29, 1.82) is 0 Å². The van der Waals surface area contributed by atoms with Gasteiger partial charge in [0, 0.05) is 12.6 Å². The topological polar surface area (TPSA) is 89.3 Å². The Bertz CT molecular complexity index is 961. The van der Waals surface area contributed by atoms with Crippen LogP contribution in [0.5, 0.6) is 5.88 Å². The first-order chi connectivity index (χ1) is 14.5. The first kappa shape index (κ1) is 21.4. The normalized spacial score (nSPS) is 17.9. The average molecular weight is 435 g/mol. The van der Waals surface area contributed by atoms with Gasteiger partial charge >= 0.3 is 0 Å². The highest BCUT2D eigenvalue weighted by molar-refractivity contribution is 5.93. The van der Waals surface area contributed by atoms with E-state index in [0.29, 0.717) is 24.0 Å². The van der Waals surface area contributed by atoms with Crippen LogP contribution >= 0.6 is 0 Å². The molecule has 31 heavy (non-hydrogen) atoms. The summed E-state index contributed by atoms with van der Waals surface area (Å²) in [7, 11) is 1.71. The smallest absolute Gasteiger partial charge is 0.282 e. The Hall–Kier alpha value is -2.85. The Labute approximate surface area is 179 Å². The van der Waals surface area contributed by atoms with Crippen LogP contribution in [0.25, 0.3) is 0 Å². The lowest BCUT2D eigenvalue weighted by Gasteiger charge is -2.40. The van der Waals surface area contributed by atoms with E-state index >= 15 is 0 Å². The molecule has 2 aromatic heterocycles. The largest absolute Gasteiger partial charge is 0.476 e. The van der Waals surface area contributed by atoms with Crippen molar-refractivity contribution in [3.8, 4) is 5.88 Å². The third-order valence-electron chi connectivity index (χ3n) is 5.46. The molecule has 0 spiro atoms. The third-order valence-corrected chi connectivity index (χ3v) is 5.46. The molecule has 3 heterocycles. The van der Waals surface area contributed by atoms with Crippen molar-refractivity contribution >= 4 is 11.6 Å². The lowest BCUT2D eigenvalue weighted by molar-refractivity contribution is -0.0265. The number of rotatable bonds is 7. The van der Waals surface area contributed by atoms with Gasteiger partial charge < -0.3 is 14.5 Å². The van der Waals surface area contributed by atoms with Gasteiger partial charge in [-0.2, -0.15) is 0 Å². The van der Waals surface area contributed by atoms with Gasteiger partial charge in [0.05, 0.1) is 26.2 Å². The Balaban J connectivity index is 1.60. The minimum absolute atomic E-state index is 0.187. The maximum atomic E-state index is 13.4. The number of hydrogen-bond acceptors (Lipinski definition) is 7. The number of carbonyl (C=O) groups is 1. The van der Waals surface area contributed by atoms with Crippen LogP contribution in [0.15, 0.2) is 12.1 Å². The van der Waals surface area contributed by atoms with Crippen LogP contribution in [0.3, 0.4) is 0 Å². The zero-order chi connectivity index (χ0) is 22.4. The molecule has 0 bridgehead atoms. The van der Waals surface area contributed by atoms with E-state index in [0.717, 1.165) is 12.8 Å². The number of halogens is 2. The van der Waals surface area contributed by atoms with Gasteiger partial charge in [-0.3, -0.25) is 4.79 Å². The summed E-state index contributed by atoms with van der Waals surface area (Å²) in [6, 6.07) is 3.20. The molecule has 2 aromatic rings. The standard InChI is InChI=1S/C20H27F2N7O2/c1-19(2,3)29(9-16-24-25-26-27(16)4)18(30)14-7-8-15(28-11-20(21,22)12-28)17(23-14)31-10-13-5-6-13/h7-8,13H,5-6,9-12H2,1-4H3. The summed E-state index contributed by atoms with van der Waals surface area (Å²) < 4.78 is 34.2. The fourth-order valence-corrected chi connectivity index (χ4v) is 3.34. The number of anilines is 1. The van der Waals surface area contributed by atoms with Gasteiger partial charge in [-0.05, 0) is 62.1 Å². The highest BCUT2D eigenvalue weighted by Crippen LogP contribution is 2.38. The van der Waals surface area contributed by atoms with E-state index in [4.69, 9.17) is 4.74 Å². The van der Waals surface area contributed by atoms with Crippen LogP contribution < -0.4 is 9.64 Å². The number of tetrazole rings is 1. The monoisotopic (exact) mass is 435 g/mol. The van der Waals surface area contributed by atoms with E-state index < -0.39 is 11.5 Å². The first-order valence-electron chi connectivity index (χ1n) is 10.3. The van der Waals surface area contributed by atoms with Gasteiger partial charge in [0.2, 0.25) is 5.88 Å². The van der Waals surface area contributed by atoms with Crippen molar-refractivity contribution in [2.45, 2.75) is 51.6 Å². The summed E-state index contributed by atoms with van der Waals surface area (Å²) in [6.45, 7) is 5.65. The molecule has 1 saturated heterocycles. The molecule has 0 radical (unpaired) electrons. The second-order valence-electron chi connectivity index (χ2n) is 9.27. The summed E-state index contributed by atoms with van der Waals surface area (Å²) in [5, 5.41) is 11.4. The van der Waals surface area contributed by atoms with E-state index in [1.165, 1.54) is 9.58 Å². The maximum absolute atomic E-state index is 13.4. The van der Waals surface area contributed by atoms with Gasteiger partial charge in [0.1, 0.15) is 11.4 Å². The highest BCUT2D eigenvalue weighted by Gasteiger charge is 2.45. The predicted molar refractivity (Wildman–Crippen MR) is 108 cm³/mol. The molecular weight excluding hydrogens is 408 g/mol. The van der Waals surface area contributed by atoms with Crippen molar-refractivity contribution in [1.82, 2.24) is 30.1 Å². The lowest BCUT2D eigenvalue weighted by Crippen LogP contribution is -2.56. The molecular formula is C20H27F2N7O2. The van der Waals surface area contributed by atoms with E-state index in [2.05, 4.69) is 20.5 Å². The molecule has 1 aliphatic heterocycles. The van der Waals surface area contributed by atoms with Crippen LogP contribution in [0.1, 0.15) is 49.9 Å². The number of ether oxygens (including phenoxy) is 1. The molecule has 4 rings (SSSR count). The molecule has 0 aromatic carbocycles. The average Bonchev–Trinajstić information content (AvgIpc) is 3.41. The predicted octanol–water partition coefficient (Wildman–Crippen LogP) is 2.29. The Morgan fingerprint density at radius 1 is 1.29 bits per heavy atom. The molecule has 1 saturated carbocycles. The minimum Gasteiger partial charge on any atom is -0.476 e. The van der Waals surface area contributed by atoms with Crippen LogP contribution in [-0.2, 0) is 13.6 Å². The van der Waals surface area contributed by atoms with Crippen molar-refractivity contribution < 1.29 is 18.3 Å². The molecule has 2 fully saturated rings. The quantitative estimate of drug-likeness (QED) is 0.659. The van der Waals surface area contributed by atoms with E-state index in [1.807, 2.05) is 20.8 Å². The highest BCUT2D eigenvalue weighted by atomic mass is 19.3. The number of aromatic nitrogens is 5. The fourth-order valence-electron chi connectivity index (χ4n) is 3.34. The number of pyridine rings is 1. The second-order valence-corrected chi connectivity index (χ2v) is 9.27. The van der Waals surface area contributed by atoms with E-state index in [1.54, 1.807) is 24.1 Å². The van der Waals surface area contributed by atoms with Gasteiger partial charge in [-0.25, -0.2) is 18.4 Å². The fraction of sp³-hybridized carbons (Fsp3) is 0.650. The summed E-state index contributed by atoms with van der Waals surface area (Å²) in [5.74, 6) is -1.81. The molecule has 9 nitrogen and oxygen atoms in total. The maximum Gasteiger partial charge on any atom is 0.282 e. The molecule has 0 N–H and O–H groups in total. The number of aryl methyl sites for hydroxylation is 1. The summed E-state index contributed by atoms with van der Waals surface area (Å²) >= 11 is 0. The van der Waals surface area contributed by atoms with Crippen molar-refractivity contribution in [2.75, 3.05) is 24.6 Å². The molecule has 1 amide bonds. The van der Waals surface area contributed by atoms with E-state index in [-0.39, 0.29) is 37.1 Å². The summed E-state index contributed by atoms with van der Waals surface area (Å²) in [4.78, 5) is 21.0. The summed E-state index contributed by atoms with van der Waals surface area (Å²) in [5.41, 5.74) is 0.146. The number of hydrogen-bond donors (Lipinski definition) is 0. The van der Waals surface area contributed by atoms with Gasteiger partial charge in [-0.15, -0.1) is 5.10 Å². The molecule has 0 atom stereocenters. The minimum atomic E-state index is -2.71. The van der Waals surface area contributed by atoms with Crippen LogP contribution in [-0.4, -0.2) is 67.2 Å². The molecule has 0 unspecified atom stereocenters. The Morgan fingerprint density at radius 2 is 2.00 bits per heavy atom. The molecule has 2 aliphatic rings. The number of carbonyl (C=O) groups excluding carboxylic acids is 1. The van der Waals surface area contributed by atoms with Gasteiger partial charge in [0.25, 0.3) is 11.8 Å². The van der Waals surface area contributed by atoms with Gasteiger partial charge in [0.15, 0.2) is 5.82 Å². The zero-order valence-electron chi connectivity index (χ0n) is 18.2. The Morgan fingerprint density at radius 3 is 2.55 bits per heavy atom. The third kappa shape index (κ3) is 4.75. The summed E-state index contributed by atoms with van der Waals surface area (Å²) in [6.07, 6.45) is 2.17. The van der Waals surface area contributed by atoms with Crippen molar-refractivity contribution in [3.63, 3.8) is 0 Å². The Kier molecular flexibility index (Phi) is 5.30. The van der Waals surface area contributed by atoms with Crippen LogP contribution in [0.4, 0.5) is 14.5 Å². The van der Waals surface area contributed by atoms with Gasteiger partial charge in [-0.1, -0.05) is 0 Å². The SMILES string of the molecule is Cn1nnnc1CN(C(=O)c1ccc(N2CC(F)(F)C2)c(OCC2CC2)n1)C(C)(C)C. The molecule has 11 heteroatoms.